The number of rotatable bonds is 4. The van der Waals surface area contributed by atoms with E-state index in [1.54, 1.807) is 32.9 Å². The molecule has 0 radical (unpaired) electrons. The predicted molar refractivity (Wildman–Crippen MR) is 114 cm³/mol. The summed E-state index contributed by atoms with van der Waals surface area (Å²) < 4.78 is 40.5. The van der Waals surface area contributed by atoms with Crippen LogP contribution in [-0.4, -0.2) is 25.9 Å². The molecule has 0 bridgehead atoms. The smallest absolute Gasteiger partial charge is 0.309 e. The lowest BCUT2D eigenvalue weighted by Gasteiger charge is -2.16. The predicted octanol–water partition coefficient (Wildman–Crippen LogP) is 4.55. The number of alkyl halides is 3. The average molecular weight is 437 g/mol. The second-order valence-corrected chi connectivity index (χ2v) is 6.83. The largest absolute Gasteiger partial charge is 0.416 e. The molecule has 1 aromatic carbocycles. The van der Waals surface area contributed by atoms with E-state index in [2.05, 4.69) is 20.6 Å². The Bertz CT molecular complexity index is 1130. The summed E-state index contributed by atoms with van der Waals surface area (Å²) in [5.41, 5.74) is -0.783. The van der Waals surface area contributed by atoms with E-state index < -0.39 is 23.1 Å². The molecule has 0 aliphatic heterocycles. The molecule has 2 aromatic heterocycles. The Hall–Kier alpha value is -3.30. The van der Waals surface area contributed by atoms with Crippen molar-refractivity contribution in [2.75, 3.05) is 5.32 Å². The molecule has 0 aliphatic rings. The molecule has 2 heterocycles. The number of amides is 1. The zero-order chi connectivity index (χ0) is 23.3. The minimum Gasteiger partial charge on any atom is -0.309 e. The summed E-state index contributed by atoms with van der Waals surface area (Å²) in [5, 5.41) is 14.4. The molecule has 0 fully saturated rings. The minimum atomic E-state index is -4.54. The summed E-state index contributed by atoms with van der Waals surface area (Å²) in [6.07, 6.45) is -4.89. The Morgan fingerprint density at radius 3 is 2.39 bits per heavy atom. The normalized spacial score (nSPS) is 11.3. The molecule has 0 saturated heterocycles. The van der Waals surface area contributed by atoms with E-state index >= 15 is 0 Å². The SMILES string of the molecule is CC.Cc1ccc(NC(=O)Cc2nn(C(C)C)c3cc(C(F)(F)F)ccc3c2=O)nn1.[HH]. The highest BCUT2D eigenvalue weighted by Crippen LogP contribution is 2.31. The second kappa shape index (κ2) is 9.67. The van der Waals surface area contributed by atoms with Gasteiger partial charge in [-0.3, -0.25) is 14.3 Å². The van der Waals surface area contributed by atoms with Crippen LogP contribution in [0.4, 0.5) is 19.0 Å². The highest BCUT2D eigenvalue weighted by atomic mass is 19.4. The van der Waals surface area contributed by atoms with Crippen LogP contribution in [0.2, 0.25) is 0 Å². The van der Waals surface area contributed by atoms with Gasteiger partial charge in [0.25, 0.3) is 0 Å². The lowest BCUT2D eigenvalue weighted by Crippen LogP contribution is -2.26. The number of nitrogens with one attached hydrogen (secondary N) is 1. The van der Waals surface area contributed by atoms with Crippen LogP contribution in [0.3, 0.4) is 0 Å². The van der Waals surface area contributed by atoms with Crippen molar-refractivity contribution in [2.24, 2.45) is 0 Å². The molecule has 168 valence electrons. The van der Waals surface area contributed by atoms with Crippen molar-refractivity contribution >= 4 is 22.6 Å². The van der Waals surface area contributed by atoms with Gasteiger partial charge in [-0.25, -0.2) is 0 Å². The quantitative estimate of drug-likeness (QED) is 0.647. The number of hydrogen-bond donors (Lipinski definition) is 1. The van der Waals surface area contributed by atoms with Crippen LogP contribution < -0.4 is 10.7 Å². The van der Waals surface area contributed by atoms with Gasteiger partial charge in [-0.1, -0.05) is 13.8 Å². The van der Waals surface area contributed by atoms with Gasteiger partial charge in [-0.15, -0.1) is 5.10 Å². The Morgan fingerprint density at radius 1 is 1.16 bits per heavy atom. The second-order valence-electron chi connectivity index (χ2n) is 6.83. The third-order valence-electron chi connectivity index (χ3n) is 4.19. The van der Waals surface area contributed by atoms with Crippen LogP contribution in [0, 0.1) is 6.92 Å². The van der Waals surface area contributed by atoms with E-state index in [9.17, 15) is 22.8 Å². The Kier molecular flexibility index (Phi) is 7.48. The van der Waals surface area contributed by atoms with Crippen molar-refractivity contribution in [1.82, 2.24) is 20.0 Å². The average Bonchev–Trinajstić information content (AvgIpc) is 2.72. The van der Waals surface area contributed by atoms with Crippen LogP contribution in [0.5, 0.6) is 0 Å². The number of halogens is 3. The van der Waals surface area contributed by atoms with E-state index in [1.165, 1.54) is 4.68 Å². The molecule has 0 atom stereocenters. The first-order valence-corrected chi connectivity index (χ1v) is 9.79. The van der Waals surface area contributed by atoms with Crippen LogP contribution >= 0.6 is 0 Å². The highest BCUT2D eigenvalue weighted by molar-refractivity contribution is 5.91. The molecule has 0 unspecified atom stereocenters. The summed E-state index contributed by atoms with van der Waals surface area (Å²) in [7, 11) is 0. The third-order valence-corrected chi connectivity index (χ3v) is 4.19. The molecular weight excluding hydrogens is 411 g/mol. The van der Waals surface area contributed by atoms with Crippen molar-refractivity contribution in [2.45, 2.75) is 53.3 Å². The van der Waals surface area contributed by atoms with Crippen molar-refractivity contribution in [3.8, 4) is 0 Å². The van der Waals surface area contributed by atoms with E-state index in [4.69, 9.17) is 0 Å². The molecular formula is C21H26F3N5O2. The van der Waals surface area contributed by atoms with Crippen LogP contribution in [0.25, 0.3) is 10.9 Å². The number of anilines is 1. The zero-order valence-corrected chi connectivity index (χ0v) is 17.9. The molecule has 0 spiro atoms. The van der Waals surface area contributed by atoms with Gasteiger partial charge in [0.05, 0.1) is 23.2 Å². The van der Waals surface area contributed by atoms with E-state index in [-0.39, 0.29) is 36.3 Å². The summed E-state index contributed by atoms with van der Waals surface area (Å²) in [6.45, 7) is 9.20. The zero-order valence-electron chi connectivity index (χ0n) is 17.9. The summed E-state index contributed by atoms with van der Waals surface area (Å²) in [4.78, 5) is 25.0. The topological polar surface area (TPSA) is 89.8 Å². The minimum absolute atomic E-state index is 0. The monoisotopic (exact) mass is 437 g/mol. The van der Waals surface area contributed by atoms with Crippen molar-refractivity contribution in [3.63, 3.8) is 0 Å². The van der Waals surface area contributed by atoms with Crippen molar-refractivity contribution in [1.29, 1.82) is 0 Å². The standard InChI is InChI=1S/C19H18F3N5O2.C2H6.H2/c1-10(2)27-15-8-12(19(20,21)22)5-6-13(15)18(29)14(26-27)9-17(28)23-16-7-4-11(3)24-25-16;1-2;/h4-8,10H,9H2,1-3H3,(H,23,25,28);1-2H3;1H. The molecule has 3 aromatic rings. The maximum Gasteiger partial charge on any atom is 0.416 e. The first-order valence-electron chi connectivity index (χ1n) is 9.79. The van der Waals surface area contributed by atoms with Gasteiger partial charge in [0.2, 0.25) is 11.3 Å². The van der Waals surface area contributed by atoms with E-state index in [0.717, 1.165) is 18.2 Å². The number of hydrogen-bond acceptors (Lipinski definition) is 5. The Balaban J connectivity index is 0.00000166. The van der Waals surface area contributed by atoms with Gasteiger partial charge in [-0.2, -0.15) is 23.4 Å². The van der Waals surface area contributed by atoms with Crippen LogP contribution in [-0.2, 0) is 17.4 Å². The number of aromatic nitrogens is 4. The number of fused-ring (bicyclic) bond motifs is 1. The van der Waals surface area contributed by atoms with Gasteiger partial charge in [0.15, 0.2) is 5.82 Å². The number of benzene rings is 1. The van der Waals surface area contributed by atoms with E-state index in [1.807, 2.05) is 13.8 Å². The first-order chi connectivity index (χ1) is 14.6. The fraction of sp³-hybridized carbons (Fsp3) is 0.381. The maximum atomic E-state index is 13.1. The van der Waals surface area contributed by atoms with Gasteiger partial charge < -0.3 is 5.32 Å². The maximum absolute atomic E-state index is 13.1. The van der Waals surface area contributed by atoms with Crippen LogP contribution in [0.1, 0.15) is 52.1 Å². The van der Waals surface area contributed by atoms with Crippen molar-refractivity contribution in [3.05, 3.63) is 57.5 Å². The van der Waals surface area contributed by atoms with E-state index in [0.29, 0.717) is 5.69 Å². The lowest BCUT2D eigenvalue weighted by molar-refractivity contribution is -0.137. The molecule has 10 heteroatoms. The third kappa shape index (κ3) is 5.65. The number of carbonyl (C=O) groups excluding carboxylic acids is 1. The fourth-order valence-corrected chi connectivity index (χ4v) is 2.79. The molecule has 1 amide bonds. The first kappa shape index (κ1) is 24.0. The molecule has 0 aliphatic carbocycles. The summed E-state index contributed by atoms with van der Waals surface area (Å²) in [5.74, 6) is -0.310. The molecule has 7 nitrogen and oxygen atoms in total. The highest BCUT2D eigenvalue weighted by Gasteiger charge is 2.31. The number of carbonyl (C=O) groups is 1. The Labute approximate surface area is 178 Å². The van der Waals surface area contributed by atoms with Crippen molar-refractivity contribution < 1.29 is 19.4 Å². The van der Waals surface area contributed by atoms with Gasteiger partial charge in [0, 0.05) is 12.9 Å². The van der Waals surface area contributed by atoms with Gasteiger partial charge in [-0.05, 0) is 51.1 Å². The Morgan fingerprint density at radius 2 is 1.84 bits per heavy atom. The summed E-state index contributed by atoms with van der Waals surface area (Å²) in [6, 6.07) is 5.77. The number of nitrogens with zero attached hydrogens (tertiary/aromatic N) is 4. The lowest BCUT2D eigenvalue weighted by atomic mass is 10.1. The molecule has 31 heavy (non-hydrogen) atoms. The van der Waals surface area contributed by atoms with Crippen LogP contribution in [0.15, 0.2) is 35.1 Å². The van der Waals surface area contributed by atoms with Gasteiger partial charge >= 0.3 is 6.18 Å². The fourth-order valence-electron chi connectivity index (χ4n) is 2.79. The molecule has 3 rings (SSSR count). The van der Waals surface area contributed by atoms with Gasteiger partial charge in [0.1, 0.15) is 5.69 Å². The number of aryl methyl sites for hydroxylation is 1. The molecule has 1 N–H and O–H groups in total. The molecule has 0 saturated carbocycles. The summed E-state index contributed by atoms with van der Waals surface area (Å²) >= 11 is 0.